The second-order valence-corrected chi connectivity index (χ2v) is 6.14. The molecule has 1 fully saturated rings. The Morgan fingerprint density at radius 1 is 1.44 bits per heavy atom. The number of aromatic nitrogens is 2. The van der Waals surface area contributed by atoms with Crippen LogP contribution in [0.15, 0.2) is 17.2 Å². The van der Waals surface area contributed by atoms with Crippen LogP contribution in [0.4, 0.5) is 0 Å². The van der Waals surface area contributed by atoms with Gasteiger partial charge in [-0.2, -0.15) is 0 Å². The molecule has 0 aromatic carbocycles. The van der Waals surface area contributed by atoms with E-state index < -0.39 is 9.84 Å². The minimum Gasteiger partial charge on any atom is -0.313 e. The van der Waals surface area contributed by atoms with Gasteiger partial charge in [-0.05, 0) is 31.5 Å². The van der Waals surface area contributed by atoms with Crippen LogP contribution < -0.4 is 5.32 Å². The number of hydrogen-bond acceptors (Lipinski definition) is 5. The zero-order valence-corrected chi connectivity index (χ0v) is 10.1. The molecule has 0 unspecified atom stereocenters. The van der Waals surface area contributed by atoms with E-state index in [4.69, 9.17) is 11.6 Å². The normalized spacial score (nSPS) is 21.2. The van der Waals surface area contributed by atoms with Gasteiger partial charge < -0.3 is 5.32 Å². The standard InChI is InChI=1S/C9H12ClN3O2S/c10-8-3-4-9(13-12-8)16(14,15)6-7-2-1-5-11-7/h3-4,7,11H,1-2,5-6H2/t7-/m0/s1. The predicted molar refractivity (Wildman–Crippen MR) is 60.1 cm³/mol. The minimum absolute atomic E-state index is 0.00870. The van der Waals surface area contributed by atoms with Gasteiger partial charge in [-0.15, -0.1) is 10.2 Å². The molecule has 0 bridgehead atoms. The number of nitrogens with one attached hydrogen (secondary N) is 1. The van der Waals surface area contributed by atoms with Gasteiger partial charge in [0.25, 0.3) is 0 Å². The molecule has 7 heteroatoms. The molecule has 88 valence electrons. The van der Waals surface area contributed by atoms with Crippen molar-refractivity contribution in [1.82, 2.24) is 15.5 Å². The summed E-state index contributed by atoms with van der Waals surface area (Å²) in [6.45, 7) is 0.881. The summed E-state index contributed by atoms with van der Waals surface area (Å²) in [5.74, 6) is 0.0727. The molecular formula is C9H12ClN3O2S. The van der Waals surface area contributed by atoms with Crippen LogP contribution in [0, 0.1) is 0 Å². The van der Waals surface area contributed by atoms with Crippen molar-refractivity contribution in [3.8, 4) is 0 Å². The van der Waals surface area contributed by atoms with Crippen molar-refractivity contribution in [3.05, 3.63) is 17.3 Å². The van der Waals surface area contributed by atoms with Gasteiger partial charge in [0.1, 0.15) is 0 Å². The Bertz CT molecular complexity index is 454. The molecule has 0 aliphatic carbocycles. The first-order chi connectivity index (χ1) is 7.58. The summed E-state index contributed by atoms with van der Waals surface area (Å²) >= 11 is 5.55. The number of nitrogens with zero attached hydrogens (tertiary/aromatic N) is 2. The van der Waals surface area contributed by atoms with Gasteiger partial charge >= 0.3 is 0 Å². The Morgan fingerprint density at radius 2 is 2.25 bits per heavy atom. The Labute approximate surface area is 99.1 Å². The van der Waals surface area contributed by atoms with Gasteiger partial charge in [-0.3, -0.25) is 0 Å². The molecule has 16 heavy (non-hydrogen) atoms. The van der Waals surface area contributed by atoms with E-state index in [0.717, 1.165) is 19.4 Å². The monoisotopic (exact) mass is 261 g/mol. The topological polar surface area (TPSA) is 72.0 Å². The average Bonchev–Trinajstić information content (AvgIpc) is 2.70. The zero-order chi connectivity index (χ0) is 11.6. The van der Waals surface area contributed by atoms with Gasteiger partial charge in [-0.1, -0.05) is 11.6 Å². The maximum Gasteiger partial charge on any atom is 0.198 e. The lowest BCUT2D eigenvalue weighted by Crippen LogP contribution is -2.30. The fourth-order valence-corrected chi connectivity index (χ4v) is 3.25. The zero-order valence-electron chi connectivity index (χ0n) is 8.56. The van der Waals surface area contributed by atoms with E-state index in [9.17, 15) is 8.42 Å². The summed E-state index contributed by atoms with van der Waals surface area (Å²) in [6.07, 6.45) is 1.91. The van der Waals surface area contributed by atoms with Crippen LogP contribution in [0.5, 0.6) is 0 Å². The summed E-state index contributed by atoms with van der Waals surface area (Å²) in [6, 6.07) is 2.85. The first-order valence-corrected chi connectivity index (χ1v) is 7.06. The van der Waals surface area contributed by atoms with Gasteiger partial charge in [0.15, 0.2) is 20.0 Å². The van der Waals surface area contributed by atoms with E-state index in [2.05, 4.69) is 15.5 Å². The van der Waals surface area contributed by atoms with Crippen LogP contribution in [0.3, 0.4) is 0 Å². The molecule has 1 atom stereocenters. The van der Waals surface area contributed by atoms with Gasteiger partial charge in [0.2, 0.25) is 0 Å². The molecule has 1 aromatic heterocycles. The van der Waals surface area contributed by atoms with E-state index in [-0.39, 0.29) is 22.0 Å². The molecule has 1 aliphatic heterocycles. The maximum absolute atomic E-state index is 11.9. The Kier molecular flexibility index (Phi) is 3.41. The van der Waals surface area contributed by atoms with Crippen LogP contribution >= 0.6 is 11.6 Å². The number of halogens is 1. The molecule has 0 amide bonds. The number of rotatable bonds is 3. The quantitative estimate of drug-likeness (QED) is 0.865. The van der Waals surface area contributed by atoms with Crippen LogP contribution in [0.1, 0.15) is 12.8 Å². The second kappa shape index (κ2) is 4.65. The van der Waals surface area contributed by atoms with Gasteiger partial charge in [-0.25, -0.2) is 8.42 Å². The lowest BCUT2D eigenvalue weighted by molar-refractivity contribution is 0.571. The highest BCUT2D eigenvalue weighted by Crippen LogP contribution is 2.14. The van der Waals surface area contributed by atoms with Gasteiger partial charge in [0.05, 0.1) is 5.75 Å². The van der Waals surface area contributed by atoms with Crippen molar-refractivity contribution >= 4 is 21.4 Å². The molecule has 1 aliphatic rings. The van der Waals surface area contributed by atoms with E-state index in [1.807, 2.05) is 0 Å². The van der Waals surface area contributed by atoms with Crippen molar-refractivity contribution in [1.29, 1.82) is 0 Å². The third kappa shape index (κ3) is 2.69. The summed E-state index contributed by atoms with van der Waals surface area (Å²) in [4.78, 5) is 0. The molecule has 1 aromatic rings. The summed E-state index contributed by atoms with van der Waals surface area (Å²) < 4.78 is 23.8. The molecule has 2 heterocycles. The van der Waals surface area contributed by atoms with E-state index >= 15 is 0 Å². The highest BCUT2D eigenvalue weighted by atomic mass is 35.5. The molecule has 1 N–H and O–H groups in total. The second-order valence-electron chi connectivity index (χ2n) is 3.77. The first-order valence-electron chi connectivity index (χ1n) is 5.03. The predicted octanol–water partition coefficient (Wildman–Crippen LogP) is 0.656. The highest BCUT2D eigenvalue weighted by molar-refractivity contribution is 7.91. The third-order valence-corrected chi connectivity index (χ3v) is 4.41. The summed E-state index contributed by atoms with van der Waals surface area (Å²) in [5.41, 5.74) is 0. The molecule has 5 nitrogen and oxygen atoms in total. The molecule has 0 saturated carbocycles. The third-order valence-electron chi connectivity index (χ3n) is 2.51. The Hall–Kier alpha value is -0.720. The lowest BCUT2D eigenvalue weighted by Gasteiger charge is -2.09. The molecular weight excluding hydrogens is 250 g/mol. The Morgan fingerprint density at radius 3 is 2.81 bits per heavy atom. The van der Waals surface area contributed by atoms with E-state index in [0.29, 0.717) is 0 Å². The number of hydrogen-bond donors (Lipinski definition) is 1. The summed E-state index contributed by atoms with van der Waals surface area (Å²) in [7, 11) is -3.36. The van der Waals surface area contributed by atoms with Crippen molar-refractivity contribution < 1.29 is 8.42 Å². The highest BCUT2D eigenvalue weighted by Gasteiger charge is 2.24. The fraction of sp³-hybridized carbons (Fsp3) is 0.556. The van der Waals surface area contributed by atoms with Crippen molar-refractivity contribution in [3.63, 3.8) is 0 Å². The van der Waals surface area contributed by atoms with E-state index in [1.165, 1.54) is 12.1 Å². The van der Waals surface area contributed by atoms with E-state index in [1.54, 1.807) is 0 Å². The molecule has 2 rings (SSSR count). The Balaban J connectivity index is 2.14. The summed E-state index contributed by atoms with van der Waals surface area (Å²) in [5, 5.41) is 10.5. The first kappa shape index (κ1) is 11.8. The van der Waals surface area contributed by atoms with Crippen LogP contribution in [0.25, 0.3) is 0 Å². The fourth-order valence-electron chi connectivity index (χ4n) is 1.72. The van der Waals surface area contributed by atoms with Crippen LogP contribution in [-0.4, -0.2) is 37.0 Å². The molecule has 0 spiro atoms. The average molecular weight is 262 g/mol. The lowest BCUT2D eigenvalue weighted by atomic mass is 10.3. The minimum atomic E-state index is -3.36. The SMILES string of the molecule is O=S(=O)(C[C@@H]1CCCN1)c1ccc(Cl)nn1. The van der Waals surface area contributed by atoms with Crippen molar-refractivity contribution in [2.24, 2.45) is 0 Å². The number of sulfone groups is 1. The van der Waals surface area contributed by atoms with Gasteiger partial charge in [0, 0.05) is 6.04 Å². The maximum atomic E-state index is 11.9. The van der Waals surface area contributed by atoms with Crippen molar-refractivity contribution in [2.75, 3.05) is 12.3 Å². The van der Waals surface area contributed by atoms with Crippen molar-refractivity contribution in [2.45, 2.75) is 23.9 Å². The molecule has 0 radical (unpaired) electrons. The van der Waals surface area contributed by atoms with Crippen LogP contribution in [-0.2, 0) is 9.84 Å². The smallest absolute Gasteiger partial charge is 0.198 e. The molecule has 1 saturated heterocycles. The largest absolute Gasteiger partial charge is 0.313 e. The van der Waals surface area contributed by atoms with Crippen LogP contribution in [0.2, 0.25) is 5.15 Å².